The van der Waals surface area contributed by atoms with E-state index in [4.69, 9.17) is 14.2 Å². The van der Waals surface area contributed by atoms with Gasteiger partial charge in [-0.1, -0.05) is 48.1 Å². The molecule has 0 fully saturated rings. The van der Waals surface area contributed by atoms with Gasteiger partial charge in [0.2, 0.25) is 0 Å². The maximum Gasteiger partial charge on any atom is 0.193 e. The number of phenols is 5. The number of carbonyl (C=O) groups excluding carboxylic acids is 2. The SMILES string of the molecule is COc1cc(O)c(CC=C(C)C)c(O)c1C(=O)/C=C/c1ccc(O)cc1.COc1cc2c(c(O)c1C(=O)/C=C/c1ccc(O)cc1)CCC(C)(C)O2. The Morgan fingerprint density at radius 3 is 1.71 bits per heavy atom. The van der Waals surface area contributed by atoms with E-state index in [0.717, 1.165) is 23.1 Å². The van der Waals surface area contributed by atoms with Crippen LogP contribution in [0, 0.1) is 0 Å². The van der Waals surface area contributed by atoms with Crippen LogP contribution in [0.5, 0.6) is 46.0 Å². The van der Waals surface area contributed by atoms with Crippen molar-refractivity contribution in [2.75, 3.05) is 14.2 Å². The number of methoxy groups -OCH3 is 2. The Kier molecular flexibility index (Phi) is 12.4. The summed E-state index contributed by atoms with van der Waals surface area (Å²) in [6, 6.07) is 15.8. The maximum atomic E-state index is 12.7. The summed E-state index contributed by atoms with van der Waals surface area (Å²) in [5.41, 5.74) is 3.21. The number of hydrogen-bond acceptors (Lipinski definition) is 10. The molecule has 0 aliphatic carbocycles. The van der Waals surface area contributed by atoms with E-state index in [1.165, 1.54) is 44.6 Å². The van der Waals surface area contributed by atoms with Crippen LogP contribution >= 0.6 is 0 Å². The fourth-order valence-corrected chi connectivity index (χ4v) is 5.43. The van der Waals surface area contributed by atoms with Gasteiger partial charge in [0.15, 0.2) is 11.6 Å². The van der Waals surface area contributed by atoms with Crippen LogP contribution in [0.15, 0.2) is 84.5 Å². The third kappa shape index (κ3) is 9.54. The lowest BCUT2D eigenvalue weighted by Gasteiger charge is -2.33. The van der Waals surface area contributed by atoms with E-state index in [-0.39, 0.29) is 68.3 Å². The van der Waals surface area contributed by atoms with Crippen LogP contribution in [0.2, 0.25) is 0 Å². The van der Waals surface area contributed by atoms with E-state index in [1.54, 1.807) is 54.6 Å². The minimum atomic E-state index is -0.453. The molecule has 4 aromatic carbocycles. The van der Waals surface area contributed by atoms with Crippen LogP contribution in [-0.2, 0) is 12.8 Å². The Labute approximate surface area is 303 Å². The predicted octanol–water partition coefficient (Wildman–Crippen LogP) is 8.32. The highest BCUT2D eigenvalue weighted by Crippen LogP contribution is 2.44. The molecule has 5 rings (SSSR count). The number of hydrogen-bond donors (Lipinski definition) is 5. The van der Waals surface area contributed by atoms with Crippen molar-refractivity contribution >= 4 is 23.7 Å². The summed E-state index contributed by atoms with van der Waals surface area (Å²) in [4.78, 5) is 25.3. The maximum absolute atomic E-state index is 12.7. The Balaban J connectivity index is 0.000000233. The molecule has 5 N–H and O–H groups in total. The Bertz CT molecular complexity index is 2010. The zero-order valence-electron chi connectivity index (χ0n) is 30.1. The average molecular weight is 709 g/mol. The molecule has 1 aliphatic rings. The molecule has 0 bridgehead atoms. The zero-order valence-corrected chi connectivity index (χ0v) is 30.1. The van der Waals surface area contributed by atoms with Crippen molar-refractivity contribution in [3.63, 3.8) is 0 Å². The van der Waals surface area contributed by atoms with Crippen LogP contribution in [0.3, 0.4) is 0 Å². The highest BCUT2D eigenvalue weighted by atomic mass is 16.5. The molecule has 0 aromatic heterocycles. The van der Waals surface area contributed by atoms with Gasteiger partial charge in [0.05, 0.1) is 14.2 Å². The second kappa shape index (κ2) is 16.7. The second-order valence-corrected chi connectivity index (χ2v) is 13.0. The fraction of sp³-hybridized carbons (Fsp3) is 0.238. The molecule has 0 saturated heterocycles. The molecule has 272 valence electrons. The van der Waals surface area contributed by atoms with Gasteiger partial charge in [-0.05, 0) is 94.5 Å². The average Bonchev–Trinajstić information content (AvgIpc) is 3.10. The summed E-state index contributed by atoms with van der Waals surface area (Å²) in [5.74, 6) is -0.104. The summed E-state index contributed by atoms with van der Waals surface area (Å²) in [6.45, 7) is 7.78. The van der Waals surface area contributed by atoms with Crippen molar-refractivity contribution in [1.29, 1.82) is 0 Å². The molecule has 4 aromatic rings. The van der Waals surface area contributed by atoms with Crippen molar-refractivity contribution in [2.24, 2.45) is 0 Å². The van der Waals surface area contributed by atoms with E-state index < -0.39 is 5.78 Å². The number of carbonyl (C=O) groups is 2. The number of phenolic OH excluding ortho intramolecular Hbond substituents is 5. The van der Waals surface area contributed by atoms with Gasteiger partial charge in [-0.3, -0.25) is 9.59 Å². The Hall–Kier alpha value is -6.16. The van der Waals surface area contributed by atoms with Crippen LogP contribution in [0.4, 0.5) is 0 Å². The van der Waals surface area contributed by atoms with E-state index in [0.29, 0.717) is 24.2 Å². The number of fused-ring (bicyclic) bond motifs is 1. The predicted molar refractivity (Wildman–Crippen MR) is 200 cm³/mol. The quantitative estimate of drug-likeness (QED) is 0.0615. The van der Waals surface area contributed by atoms with E-state index in [1.807, 2.05) is 33.8 Å². The summed E-state index contributed by atoms with van der Waals surface area (Å²) < 4.78 is 16.4. The van der Waals surface area contributed by atoms with Crippen molar-refractivity contribution in [1.82, 2.24) is 0 Å². The zero-order chi connectivity index (χ0) is 38.2. The molecule has 0 unspecified atom stereocenters. The molecule has 0 amide bonds. The molecule has 1 heterocycles. The van der Waals surface area contributed by atoms with Crippen molar-refractivity contribution in [2.45, 2.75) is 52.6 Å². The normalized spacial score (nSPS) is 13.0. The minimum absolute atomic E-state index is 0.00233. The van der Waals surface area contributed by atoms with E-state index >= 15 is 0 Å². The van der Waals surface area contributed by atoms with Gasteiger partial charge in [0.1, 0.15) is 62.7 Å². The number of ether oxygens (including phenoxy) is 3. The van der Waals surface area contributed by atoms with Gasteiger partial charge in [-0.2, -0.15) is 0 Å². The molecule has 0 saturated carbocycles. The number of ketones is 2. The molecule has 52 heavy (non-hydrogen) atoms. The highest BCUT2D eigenvalue weighted by molar-refractivity contribution is 6.11. The highest BCUT2D eigenvalue weighted by Gasteiger charge is 2.32. The van der Waals surface area contributed by atoms with Gasteiger partial charge >= 0.3 is 0 Å². The molecule has 10 nitrogen and oxygen atoms in total. The Morgan fingerprint density at radius 1 is 0.750 bits per heavy atom. The topological polar surface area (TPSA) is 163 Å². The largest absolute Gasteiger partial charge is 0.508 e. The first-order valence-corrected chi connectivity index (χ1v) is 16.5. The standard InChI is InChI=1S/2C21H22O5/c1-21(2)11-10-15-17(26-21)12-18(25-3)19(20(15)24)16(23)9-6-13-4-7-14(22)8-5-13;1-13(2)4-10-16-18(24)12-19(26-3)20(21(16)25)17(23)11-7-14-5-8-15(22)9-6-14/h4-9,12,22,24H,10-11H2,1-3H3;4-9,11-12,22,24-25H,10H2,1-3H3/b9-6+;11-7+. The van der Waals surface area contributed by atoms with Crippen molar-refractivity contribution in [3.05, 3.63) is 118 Å². The summed E-state index contributed by atoms with van der Waals surface area (Å²) in [7, 11) is 2.82. The number of aromatic hydroxyl groups is 5. The van der Waals surface area contributed by atoms with Crippen LogP contribution in [0.25, 0.3) is 12.2 Å². The lowest BCUT2D eigenvalue weighted by Crippen LogP contribution is -2.32. The molecule has 1 aliphatic heterocycles. The molecule has 0 spiro atoms. The van der Waals surface area contributed by atoms with Gasteiger partial charge in [-0.15, -0.1) is 0 Å². The first-order valence-electron chi connectivity index (χ1n) is 16.5. The second-order valence-electron chi connectivity index (χ2n) is 13.0. The third-order valence-corrected chi connectivity index (χ3v) is 8.33. The van der Waals surface area contributed by atoms with E-state index in [2.05, 4.69) is 0 Å². The Morgan fingerprint density at radius 2 is 1.23 bits per heavy atom. The van der Waals surface area contributed by atoms with Gasteiger partial charge in [-0.25, -0.2) is 0 Å². The fourth-order valence-electron chi connectivity index (χ4n) is 5.43. The molecule has 0 atom stereocenters. The van der Waals surface area contributed by atoms with Gasteiger partial charge < -0.3 is 39.7 Å². The van der Waals surface area contributed by atoms with Crippen molar-refractivity contribution in [3.8, 4) is 46.0 Å². The first kappa shape index (κ1) is 38.6. The third-order valence-electron chi connectivity index (χ3n) is 8.33. The summed E-state index contributed by atoms with van der Waals surface area (Å²) >= 11 is 0. The van der Waals surface area contributed by atoms with Crippen molar-refractivity contribution < 1.29 is 49.3 Å². The molecular weight excluding hydrogens is 664 g/mol. The van der Waals surface area contributed by atoms with Crippen LogP contribution in [0.1, 0.15) is 77.1 Å². The van der Waals surface area contributed by atoms with E-state index in [9.17, 15) is 35.1 Å². The van der Waals surface area contributed by atoms with Crippen LogP contribution < -0.4 is 14.2 Å². The molecular formula is C42H44O10. The number of rotatable bonds is 10. The molecule has 10 heteroatoms. The summed E-state index contributed by atoms with van der Waals surface area (Å²) in [5, 5.41) is 50.0. The smallest absolute Gasteiger partial charge is 0.193 e. The van der Waals surface area contributed by atoms with Gasteiger partial charge in [0.25, 0.3) is 0 Å². The first-order chi connectivity index (χ1) is 24.6. The lowest BCUT2D eigenvalue weighted by atomic mass is 9.91. The number of benzene rings is 4. The molecule has 0 radical (unpaired) electrons. The monoisotopic (exact) mass is 708 g/mol. The van der Waals surface area contributed by atoms with Crippen LogP contribution in [-0.4, -0.2) is 56.9 Å². The van der Waals surface area contributed by atoms with Gasteiger partial charge in [0, 0.05) is 23.3 Å². The summed E-state index contributed by atoms with van der Waals surface area (Å²) in [6.07, 6.45) is 9.41. The number of allylic oxidation sites excluding steroid dienone is 4. The minimum Gasteiger partial charge on any atom is -0.508 e. The lowest BCUT2D eigenvalue weighted by molar-refractivity contribution is 0.0831.